The van der Waals surface area contributed by atoms with Gasteiger partial charge in [-0.25, -0.2) is 8.78 Å². The van der Waals surface area contributed by atoms with Gasteiger partial charge in [0.1, 0.15) is 23.2 Å². The summed E-state index contributed by atoms with van der Waals surface area (Å²) in [5.74, 6) is -2.51. The lowest BCUT2D eigenvalue weighted by Crippen LogP contribution is -2.31. The smallest absolute Gasteiger partial charge is 0.254 e. The van der Waals surface area contributed by atoms with Crippen molar-refractivity contribution in [1.82, 2.24) is 5.32 Å². The number of amidine groups is 1. The van der Waals surface area contributed by atoms with Gasteiger partial charge in [-0.05, 0) is 19.4 Å². The van der Waals surface area contributed by atoms with Gasteiger partial charge in [0.05, 0.1) is 12.2 Å². The molecule has 0 aliphatic rings. The first-order chi connectivity index (χ1) is 13.4. The Hall–Kier alpha value is -2.71. The van der Waals surface area contributed by atoms with E-state index in [-0.39, 0.29) is 43.8 Å². The highest BCUT2D eigenvalue weighted by molar-refractivity contribution is 5.94. The molecule has 0 radical (unpaired) electrons. The predicted molar refractivity (Wildman–Crippen MR) is 108 cm³/mol. The summed E-state index contributed by atoms with van der Waals surface area (Å²) in [6.45, 7) is 3.81. The minimum atomic E-state index is -1.43. The largest absolute Gasteiger partial charge is 0.494 e. The number of halogens is 3. The summed E-state index contributed by atoms with van der Waals surface area (Å²) in [5, 5.41) is 9.98. The molecule has 0 unspecified atom stereocenters. The molecule has 0 aliphatic carbocycles. The Morgan fingerprint density at radius 3 is 2.21 bits per heavy atom. The Morgan fingerprint density at radius 2 is 1.72 bits per heavy atom. The van der Waals surface area contributed by atoms with Crippen LogP contribution in [0.15, 0.2) is 36.4 Å². The number of carbonyl (C=O) groups excluding carboxylic acids is 1. The van der Waals surface area contributed by atoms with E-state index in [0.29, 0.717) is 5.56 Å². The maximum Gasteiger partial charge on any atom is 0.254 e. The van der Waals surface area contributed by atoms with Crippen LogP contribution in [0.3, 0.4) is 0 Å². The lowest BCUT2D eigenvalue weighted by molar-refractivity contribution is -0.133. The molecule has 9 heteroatoms. The van der Waals surface area contributed by atoms with E-state index in [4.69, 9.17) is 20.6 Å². The molecule has 29 heavy (non-hydrogen) atoms. The van der Waals surface area contributed by atoms with E-state index >= 15 is 0 Å². The lowest BCUT2D eigenvalue weighted by atomic mass is 10.1. The van der Waals surface area contributed by atoms with Crippen LogP contribution in [0.5, 0.6) is 5.75 Å². The fraction of sp³-hybridized carbons (Fsp3) is 0.300. The summed E-state index contributed by atoms with van der Waals surface area (Å²) >= 11 is 0. The number of carbonyl (C=O) groups is 1. The zero-order valence-electron chi connectivity index (χ0n) is 16.1. The molecule has 1 amide bonds. The van der Waals surface area contributed by atoms with Crippen molar-refractivity contribution < 1.29 is 23.0 Å². The minimum Gasteiger partial charge on any atom is -0.494 e. The van der Waals surface area contributed by atoms with Gasteiger partial charge in [-0.15, -0.1) is 12.4 Å². The molecule has 0 saturated carbocycles. The number of nitrogen functional groups attached to an aromatic ring is 1. The van der Waals surface area contributed by atoms with Crippen molar-refractivity contribution in [3.8, 4) is 5.75 Å². The van der Waals surface area contributed by atoms with Crippen LogP contribution in [-0.2, 0) is 16.1 Å². The molecule has 1 atom stereocenters. The van der Waals surface area contributed by atoms with Gasteiger partial charge >= 0.3 is 0 Å². The highest BCUT2D eigenvalue weighted by atomic mass is 35.5. The summed E-state index contributed by atoms with van der Waals surface area (Å²) in [6.07, 6.45) is -1.43. The zero-order valence-corrected chi connectivity index (χ0v) is 16.9. The van der Waals surface area contributed by atoms with Crippen molar-refractivity contribution in [2.45, 2.75) is 26.5 Å². The number of nitrogens with two attached hydrogens (primary N) is 1. The summed E-state index contributed by atoms with van der Waals surface area (Å²) < 4.78 is 39.3. The molecule has 2 aromatic rings. The standard InChI is InChI=1S/C20H23F2N3O3.ClH/c1-3-27-14-9-15(21)17(16(22)10-14)18(28-4-2)20(26)25-11-12-5-7-13(8-6-12)19(23)24;/h5-10,18H,3-4,11H2,1-2H3,(H3,23,24)(H,25,26);1H/t18-;/m0./s1. The third-order valence-electron chi connectivity index (χ3n) is 3.93. The van der Waals surface area contributed by atoms with Crippen molar-refractivity contribution in [3.05, 3.63) is 64.7 Å². The van der Waals surface area contributed by atoms with Crippen molar-refractivity contribution in [1.29, 1.82) is 5.41 Å². The Balaban J connectivity index is 0.00000420. The SMILES string of the molecule is CCOc1cc(F)c([C@H](OCC)C(=O)NCc2ccc(C(=N)N)cc2)c(F)c1.Cl. The molecule has 0 saturated heterocycles. The Labute approximate surface area is 174 Å². The monoisotopic (exact) mass is 427 g/mol. The van der Waals surface area contributed by atoms with Crippen LogP contribution in [0.25, 0.3) is 0 Å². The van der Waals surface area contributed by atoms with Gasteiger partial charge in [0.25, 0.3) is 5.91 Å². The molecular weight excluding hydrogens is 404 g/mol. The first-order valence-electron chi connectivity index (χ1n) is 8.81. The number of benzene rings is 2. The predicted octanol–water partition coefficient (Wildman–Crippen LogP) is 3.46. The Bertz CT molecular complexity index is 824. The van der Waals surface area contributed by atoms with Gasteiger partial charge < -0.3 is 20.5 Å². The summed E-state index contributed by atoms with van der Waals surface area (Å²) in [4.78, 5) is 12.5. The molecule has 6 nitrogen and oxygen atoms in total. The highest BCUT2D eigenvalue weighted by Gasteiger charge is 2.28. The van der Waals surface area contributed by atoms with Crippen LogP contribution in [0, 0.1) is 17.0 Å². The van der Waals surface area contributed by atoms with Crippen LogP contribution in [0.1, 0.15) is 36.6 Å². The van der Waals surface area contributed by atoms with E-state index in [2.05, 4.69) is 5.32 Å². The fourth-order valence-corrected chi connectivity index (χ4v) is 2.60. The minimum absolute atomic E-state index is 0. The van der Waals surface area contributed by atoms with Crippen molar-refractivity contribution >= 4 is 24.1 Å². The second-order valence-corrected chi connectivity index (χ2v) is 5.90. The third kappa shape index (κ3) is 6.40. The van der Waals surface area contributed by atoms with Gasteiger partial charge in [0, 0.05) is 30.8 Å². The Morgan fingerprint density at radius 1 is 1.14 bits per heavy atom. The van der Waals surface area contributed by atoms with Crippen LogP contribution in [0.4, 0.5) is 8.78 Å². The van der Waals surface area contributed by atoms with E-state index in [9.17, 15) is 13.6 Å². The van der Waals surface area contributed by atoms with Gasteiger partial charge in [-0.3, -0.25) is 10.2 Å². The molecule has 158 valence electrons. The second-order valence-electron chi connectivity index (χ2n) is 5.90. The van der Waals surface area contributed by atoms with Crippen LogP contribution < -0.4 is 15.8 Å². The van der Waals surface area contributed by atoms with Gasteiger partial charge in [0.2, 0.25) is 0 Å². The molecule has 0 bridgehead atoms. The number of nitrogens with one attached hydrogen (secondary N) is 2. The molecule has 2 rings (SSSR count). The van der Waals surface area contributed by atoms with Gasteiger partial charge in [0.15, 0.2) is 6.10 Å². The molecule has 0 fully saturated rings. The molecular formula is C20H24ClF2N3O3. The second kappa shape index (κ2) is 11.3. The first kappa shape index (κ1) is 24.3. The average Bonchev–Trinajstić information content (AvgIpc) is 2.65. The summed E-state index contributed by atoms with van der Waals surface area (Å²) in [7, 11) is 0. The van der Waals surface area contributed by atoms with E-state index in [1.807, 2.05) is 0 Å². The van der Waals surface area contributed by atoms with Crippen LogP contribution >= 0.6 is 12.4 Å². The zero-order chi connectivity index (χ0) is 20.7. The maximum atomic E-state index is 14.4. The Kier molecular flexibility index (Phi) is 9.50. The topological polar surface area (TPSA) is 97.4 Å². The lowest BCUT2D eigenvalue weighted by Gasteiger charge is -2.19. The highest BCUT2D eigenvalue weighted by Crippen LogP contribution is 2.28. The molecule has 0 heterocycles. The first-order valence-corrected chi connectivity index (χ1v) is 8.81. The number of rotatable bonds is 9. The average molecular weight is 428 g/mol. The van der Waals surface area contributed by atoms with Crippen LogP contribution in [-0.4, -0.2) is 25.0 Å². The van der Waals surface area contributed by atoms with E-state index in [0.717, 1.165) is 17.7 Å². The van der Waals surface area contributed by atoms with Crippen molar-refractivity contribution in [2.75, 3.05) is 13.2 Å². The number of ether oxygens (including phenoxy) is 2. The maximum absolute atomic E-state index is 14.4. The number of hydrogen-bond donors (Lipinski definition) is 3. The van der Waals surface area contributed by atoms with Crippen molar-refractivity contribution in [2.24, 2.45) is 5.73 Å². The van der Waals surface area contributed by atoms with E-state index < -0.39 is 29.2 Å². The fourth-order valence-electron chi connectivity index (χ4n) is 2.60. The van der Waals surface area contributed by atoms with E-state index in [1.165, 1.54) is 0 Å². The normalized spacial score (nSPS) is 11.3. The number of amides is 1. The molecule has 4 N–H and O–H groups in total. The third-order valence-corrected chi connectivity index (χ3v) is 3.93. The quantitative estimate of drug-likeness (QED) is 0.421. The summed E-state index contributed by atoms with van der Waals surface area (Å²) in [6, 6.07) is 8.75. The number of hydrogen-bond acceptors (Lipinski definition) is 4. The summed E-state index contributed by atoms with van der Waals surface area (Å²) in [5.41, 5.74) is 6.23. The van der Waals surface area contributed by atoms with Gasteiger partial charge in [-0.2, -0.15) is 0 Å². The van der Waals surface area contributed by atoms with Crippen molar-refractivity contribution in [3.63, 3.8) is 0 Å². The molecule has 0 spiro atoms. The van der Waals surface area contributed by atoms with Crippen LogP contribution in [0.2, 0.25) is 0 Å². The van der Waals surface area contributed by atoms with E-state index in [1.54, 1.807) is 38.1 Å². The molecule has 0 aliphatic heterocycles. The van der Waals surface area contributed by atoms with Gasteiger partial charge in [-0.1, -0.05) is 24.3 Å². The molecule has 2 aromatic carbocycles. The molecule has 0 aromatic heterocycles.